The van der Waals surface area contributed by atoms with E-state index >= 15 is 0 Å². The fraction of sp³-hybridized carbons (Fsp3) is 0.0870. The maximum absolute atomic E-state index is 5.92. The van der Waals surface area contributed by atoms with Crippen molar-refractivity contribution in [3.8, 4) is 17.1 Å². The fourth-order valence-corrected chi connectivity index (χ4v) is 3.57. The first-order valence-electron chi connectivity index (χ1n) is 9.78. The first-order chi connectivity index (χ1) is 15.2. The summed E-state index contributed by atoms with van der Waals surface area (Å²) < 4.78 is 1.94. The van der Waals surface area contributed by atoms with Crippen molar-refractivity contribution in [2.75, 3.05) is 5.32 Å². The van der Waals surface area contributed by atoms with Crippen molar-refractivity contribution in [3.63, 3.8) is 0 Å². The molecule has 1 unspecified atom stereocenters. The van der Waals surface area contributed by atoms with Gasteiger partial charge >= 0.3 is 0 Å². The predicted molar refractivity (Wildman–Crippen MR) is 121 cm³/mol. The van der Waals surface area contributed by atoms with Crippen LogP contribution in [0, 0.1) is 0 Å². The van der Waals surface area contributed by atoms with Crippen LogP contribution in [0.5, 0.6) is 0 Å². The smallest absolute Gasteiger partial charge is 0.225 e. The molecule has 152 valence electrons. The first kappa shape index (κ1) is 19.1. The maximum Gasteiger partial charge on any atom is 0.225 e. The molecule has 0 saturated heterocycles. The van der Waals surface area contributed by atoms with Crippen LogP contribution in [-0.2, 0) is 0 Å². The van der Waals surface area contributed by atoms with Gasteiger partial charge in [-0.05, 0) is 48.4 Å². The third-order valence-corrected chi connectivity index (χ3v) is 5.18. The van der Waals surface area contributed by atoms with Crippen LogP contribution in [0.25, 0.3) is 28.1 Å². The minimum atomic E-state index is 0.0817. The van der Waals surface area contributed by atoms with Gasteiger partial charge in [0.05, 0.1) is 22.8 Å². The summed E-state index contributed by atoms with van der Waals surface area (Å²) in [5, 5.41) is 3.58. The molecule has 0 radical (unpaired) electrons. The zero-order chi connectivity index (χ0) is 21.2. The van der Waals surface area contributed by atoms with Crippen molar-refractivity contribution in [2.45, 2.75) is 13.0 Å². The number of nitrogens with one attached hydrogen (secondary N) is 1. The standard InChI is InChI=1S/C23H18ClN7/c1-15(16-5-3-2-4-6-16)28-23-26-12-10-21(30-23)31-14-27-19-13-17(7-8-20(19)31)18-9-11-25-22(24)29-18/h2-15H,1H3,(H,26,28,30). The van der Waals surface area contributed by atoms with Crippen LogP contribution in [0.3, 0.4) is 0 Å². The molecule has 3 aromatic heterocycles. The number of hydrogen-bond donors (Lipinski definition) is 1. The first-order valence-corrected chi connectivity index (χ1v) is 10.2. The summed E-state index contributed by atoms with van der Waals surface area (Å²) in [6.07, 6.45) is 5.14. The summed E-state index contributed by atoms with van der Waals surface area (Å²) in [6.45, 7) is 2.08. The molecule has 0 spiro atoms. The third kappa shape index (κ3) is 3.95. The Hall–Kier alpha value is -3.84. The lowest BCUT2D eigenvalue weighted by molar-refractivity contribution is 0.854. The van der Waals surface area contributed by atoms with E-state index in [2.05, 4.69) is 49.3 Å². The largest absolute Gasteiger partial charge is 0.348 e. The Labute approximate surface area is 183 Å². The number of hydrogen-bond acceptors (Lipinski definition) is 6. The molecular weight excluding hydrogens is 410 g/mol. The number of anilines is 1. The van der Waals surface area contributed by atoms with E-state index in [9.17, 15) is 0 Å². The van der Waals surface area contributed by atoms with Crippen molar-refractivity contribution >= 4 is 28.6 Å². The van der Waals surface area contributed by atoms with Crippen molar-refractivity contribution in [1.82, 2.24) is 29.5 Å². The van der Waals surface area contributed by atoms with Crippen LogP contribution in [0.4, 0.5) is 5.95 Å². The molecule has 0 bridgehead atoms. The van der Waals surface area contributed by atoms with E-state index in [4.69, 9.17) is 11.6 Å². The van der Waals surface area contributed by atoms with Gasteiger partial charge in [-0.2, -0.15) is 4.98 Å². The van der Waals surface area contributed by atoms with Gasteiger partial charge in [-0.1, -0.05) is 36.4 Å². The zero-order valence-electron chi connectivity index (χ0n) is 16.6. The topological polar surface area (TPSA) is 81.4 Å². The highest BCUT2D eigenvalue weighted by atomic mass is 35.5. The lowest BCUT2D eigenvalue weighted by Crippen LogP contribution is -2.10. The van der Waals surface area contributed by atoms with Gasteiger partial charge in [0.1, 0.15) is 12.1 Å². The lowest BCUT2D eigenvalue weighted by Gasteiger charge is -2.14. The Morgan fingerprint density at radius 2 is 1.74 bits per heavy atom. The second-order valence-corrected chi connectivity index (χ2v) is 7.38. The molecule has 0 amide bonds. The molecule has 2 aromatic carbocycles. The molecule has 31 heavy (non-hydrogen) atoms. The highest BCUT2D eigenvalue weighted by Gasteiger charge is 2.11. The van der Waals surface area contributed by atoms with Crippen molar-refractivity contribution in [3.05, 3.63) is 90.2 Å². The lowest BCUT2D eigenvalue weighted by atomic mass is 10.1. The number of rotatable bonds is 5. The summed E-state index contributed by atoms with van der Waals surface area (Å²) in [5.74, 6) is 1.29. The Bertz CT molecular complexity index is 1350. The average Bonchev–Trinajstić information content (AvgIpc) is 3.23. The SMILES string of the molecule is CC(Nc1nccc(-n2cnc3cc(-c4ccnc(Cl)n4)ccc32)n1)c1ccccc1. The molecule has 1 N–H and O–H groups in total. The minimum absolute atomic E-state index is 0.0817. The third-order valence-electron chi connectivity index (χ3n) is 5.00. The van der Waals surface area contributed by atoms with E-state index < -0.39 is 0 Å². The Morgan fingerprint density at radius 1 is 0.903 bits per heavy atom. The number of fused-ring (bicyclic) bond motifs is 1. The molecule has 0 aliphatic carbocycles. The molecule has 8 heteroatoms. The van der Waals surface area contributed by atoms with Crippen molar-refractivity contribution in [2.24, 2.45) is 0 Å². The fourth-order valence-electron chi connectivity index (χ4n) is 3.42. The van der Waals surface area contributed by atoms with E-state index in [1.807, 2.05) is 53.1 Å². The Morgan fingerprint density at radius 3 is 2.58 bits per heavy atom. The summed E-state index contributed by atoms with van der Waals surface area (Å²) in [4.78, 5) is 21.8. The summed E-state index contributed by atoms with van der Waals surface area (Å²) in [7, 11) is 0. The van der Waals surface area contributed by atoms with Gasteiger partial charge in [-0.15, -0.1) is 0 Å². The quantitative estimate of drug-likeness (QED) is 0.393. The van der Waals surface area contributed by atoms with Gasteiger partial charge in [0.15, 0.2) is 0 Å². The molecule has 1 atom stereocenters. The number of nitrogens with zero attached hydrogens (tertiary/aromatic N) is 6. The van der Waals surface area contributed by atoms with Crippen LogP contribution in [0.15, 0.2) is 79.4 Å². The van der Waals surface area contributed by atoms with E-state index in [1.165, 1.54) is 5.56 Å². The van der Waals surface area contributed by atoms with E-state index in [-0.39, 0.29) is 11.3 Å². The van der Waals surface area contributed by atoms with Gasteiger partial charge in [0, 0.05) is 18.0 Å². The van der Waals surface area contributed by atoms with Gasteiger partial charge in [-0.25, -0.2) is 19.9 Å². The van der Waals surface area contributed by atoms with Gasteiger partial charge in [-0.3, -0.25) is 4.57 Å². The van der Waals surface area contributed by atoms with E-state index in [0.717, 1.165) is 28.1 Å². The van der Waals surface area contributed by atoms with Gasteiger partial charge < -0.3 is 5.32 Å². The average molecular weight is 428 g/mol. The van der Waals surface area contributed by atoms with Crippen molar-refractivity contribution < 1.29 is 0 Å². The normalized spacial score (nSPS) is 12.1. The zero-order valence-corrected chi connectivity index (χ0v) is 17.4. The summed E-state index contributed by atoms with van der Waals surface area (Å²) >= 11 is 5.92. The molecule has 0 aliphatic heterocycles. The number of aromatic nitrogens is 6. The molecule has 5 aromatic rings. The highest BCUT2D eigenvalue weighted by Crippen LogP contribution is 2.25. The van der Waals surface area contributed by atoms with E-state index in [0.29, 0.717) is 5.95 Å². The van der Waals surface area contributed by atoms with Crippen LogP contribution in [0.2, 0.25) is 5.28 Å². The molecule has 5 rings (SSSR count). The van der Waals surface area contributed by atoms with E-state index in [1.54, 1.807) is 18.7 Å². The molecule has 3 heterocycles. The number of benzene rings is 2. The summed E-state index contributed by atoms with van der Waals surface area (Å²) in [6, 6.07) is 19.9. The summed E-state index contributed by atoms with van der Waals surface area (Å²) in [5.41, 5.74) is 4.60. The highest BCUT2D eigenvalue weighted by molar-refractivity contribution is 6.28. The minimum Gasteiger partial charge on any atom is -0.348 e. The number of imidazole rings is 1. The molecule has 7 nitrogen and oxygen atoms in total. The monoisotopic (exact) mass is 427 g/mol. The molecule has 0 saturated carbocycles. The van der Waals surface area contributed by atoms with Gasteiger partial charge in [0.25, 0.3) is 0 Å². The second kappa shape index (κ2) is 8.12. The van der Waals surface area contributed by atoms with Gasteiger partial charge in [0.2, 0.25) is 11.2 Å². The van der Waals surface area contributed by atoms with Crippen LogP contribution < -0.4 is 5.32 Å². The number of halogens is 1. The Balaban J connectivity index is 1.45. The van der Waals surface area contributed by atoms with Crippen LogP contribution in [-0.4, -0.2) is 29.5 Å². The van der Waals surface area contributed by atoms with Crippen LogP contribution in [0.1, 0.15) is 18.5 Å². The molecule has 0 aliphatic rings. The molecule has 0 fully saturated rings. The predicted octanol–water partition coefficient (Wildman–Crippen LogP) is 5.10. The second-order valence-electron chi connectivity index (χ2n) is 7.04. The Kier molecular flexibility index (Phi) is 5.01. The maximum atomic E-state index is 5.92. The van der Waals surface area contributed by atoms with Crippen molar-refractivity contribution in [1.29, 1.82) is 0 Å². The molecular formula is C23H18ClN7. The van der Waals surface area contributed by atoms with Crippen LogP contribution >= 0.6 is 11.6 Å².